The molecule has 1 fully saturated rings. The summed E-state index contributed by atoms with van der Waals surface area (Å²) < 4.78 is 86.7. The van der Waals surface area contributed by atoms with Crippen molar-refractivity contribution in [2.75, 3.05) is 11.9 Å². The fraction of sp³-hybridized carbons (Fsp3) is 0.500. The van der Waals surface area contributed by atoms with Gasteiger partial charge in [-0.25, -0.2) is 19.6 Å². The van der Waals surface area contributed by atoms with E-state index in [1.807, 2.05) is 7.05 Å². The highest BCUT2D eigenvalue weighted by molar-refractivity contribution is 5.73. The second-order valence-electron chi connectivity index (χ2n) is 11.1. The van der Waals surface area contributed by atoms with Crippen LogP contribution < -0.4 is 10.2 Å². The van der Waals surface area contributed by atoms with Crippen molar-refractivity contribution in [3.8, 4) is 28.3 Å². The molecule has 248 valence electrons. The summed E-state index contributed by atoms with van der Waals surface area (Å²) >= 11 is 0. The van der Waals surface area contributed by atoms with Crippen LogP contribution in [0.4, 0.5) is 32.3 Å². The monoisotopic (exact) mass is 653 g/mol. The molecule has 0 spiro atoms. The first-order valence-corrected chi connectivity index (χ1v) is 12.7. The molecule has 1 saturated heterocycles. The van der Waals surface area contributed by atoms with Crippen LogP contribution in [0.15, 0.2) is 30.9 Å². The lowest BCUT2D eigenvalue weighted by Gasteiger charge is -2.48. The van der Waals surface area contributed by atoms with Crippen molar-refractivity contribution in [3.05, 3.63) is 30.9 Å². The highest BCUT2D eigenvalue weighted by Crippen LogP contribution is 2.33. The van der Waals surface area contributed by atoms with Crippen LogP contribution in [-0.2, 0) is 16.6 Å². The van der Waals surface area contributed by atoms with Gasteiger partial charge in [-0.05, 0) is 46.6 Å². The van der Waals surface area contributed by atoms with E-state index in [0.29, 0.717) is 22.8 Å². The largest absolute Gasteiger partial charge is 0.506 e. The number of carboxylic acids is 2. The molecule has 45 heavy (non-hydrogen) atoms. The van der Waals surface area contributed by atoms with E-state index in [0.717, 1.165) is 17.5 Å². The quantitative estimate of drug-likeness (QED) is 0.297. The molecule has 3 aromatic heterocycles. The molecule has 13 nitrogen and oxygen atoms in total. The highest BCUT2D eigenvalue weighted by Gasteiger charge is 2.40. The summed E-state index contributed by atoms with van der Waals surface area (Å²) in [7, 11) is 1.97. The molecule has 0 atom stereocenters. The minimum atomic E-state index is -5.08. The summed E-state index contributed by atoms with van der Waals surface area (Å²) in [6.45, 7) is 6.42. The fourth-order valence-corrected chi connectivity index (χ4v) is 4.53. The predicted molar refractivity (Wildman–Crippen MR) is 147 cm³/mol. The lowest BCUT2D eigenvalue weighted by molar-refractivity contribution is -0.193. The maximum Gasteiger partial charge on any atom is 0.490 e. The van der Waals surface area contributed by atoms with Crippen molar-refractivity contribution in [1.29, 1.82) is 0 Å². The van der Waals surface area contributed by atoms with Crippen LogP contribution in [0.5, 0.6) is 5.75 Å². The van der Waals surface area contributed by atoms with Crippen LogP contribution in [0.1, 0.15) is 44.6 Å². The van der Waals surface area contributed by atoms with Gasteiger partial charge in [0.05, 0.1) is 12.4 Å². The molecule has 19 heteroatoms. The van der Waals surface area contributed by atoms with E-state index >= 15 is 0 Å². The SMILES string of the molecule is O=C(O)C(F)(F)F.O=C(O)C(F)(F)F.[2H]C([2H])([2H])n1cc(-c2cnc(-c3cnc(N(C)C4CC(C)(C)NC(C)(C)C4)nn3)c(O)c2)cn1. The molecule has 0 amide bonds. The summed E-state index contributed by atoms with van der Waals surface area (Å²) in [5.74, 6) is -5.12. The van der Waals surface area contributed by atoms with Gasteiger partial charge in [0.1, 0.15) is 17.1 Å². The number of aryl methyl sites for hydroxylation is 1. The van der Waals surface area contributed by atoms with Crippen molar-refractivity contribution >= 4 is 17.9 Å². The third kappa shape index (κ3) is 10.8. The molecule has 0 radical (unpaired) electrons. The normalized spacial score (nSPS) is 17.3. The average Bonchev–Trinajstić information content (AvgIpc) is 3.42. The standard InChI is InChI=1S/C22H30N8O.2C2HF3O2/c1-21(2)8-16(9-22(3,4)28-21)30(6)20-24-12-17(26-27-20)19-18(31)7-14(10-23-19)15-11-25-29(5)13-15;2*3-2(4,5)1(6)7/h7,10-13,16,28,31H,8-9H2,1-6H3;2*(H,6,7)/i5D3;;. The number of hydrogen-bond donors (Lipinski definition) is 4. The predicted octanol–water partition coefficient (Wildman–Crippen LogP) is 4.05. The van der Waals surface area contributed by atoms with Gasteiger partial charge in [0.25, 0.3) is 0 Å². The van der Waals surface area contributed by atoms with E-state index in [2.05, 4.69) is 63.2 Å². The number of piperidine rings is 1. The van der Waals surface area contributed by atoms with E-state index in [9.17, 15) is 31.4 Å². The van der Waals surface area contributed by atoms with Gasteiger partial charge in [-0.1, -0.05) is 0 Å². The van der Waals surface area contributed by atoms with E-state index in [1.54, 1.807) is 6.20 Å². The number of carboxylic acid groups (broad SMARTS) is 2. The summed E-state index contributed by atoms with van der Waals surface area (Å²) in [6.07, 6.45) is -2.40. The van der Waals surface area contributed by atoms with Gasteiger partial charge in [0.2, 0.25) is 5.95 Å². The Balaban J connectivity index is 0.000000479. The number of nitrogens with one attached hydrogen (secondary N) is 1. The van der Waals surface area contributed by atoms with E-state index in [4.69, 9.17) is 23.9 Å². The molecule has 1 aliphatic rings. The summed E-state index contributed by atoms with van der Waals surface area (Å²) in [5.41, 5.74) is 1.62. The Morgan fingerprint density at radius 1 is 0.956 bits per heavy atom. The molecule has 4 heterocycles. The Morgan fingerprint density at radius 2 is 1.49 bits per heavy atom. The first kappa shape index (κ1) is 31.9. The van der Waals surface area contributed by atoms with Gasteiger partial charge in [-0.2, -0.15) is 31.4 Å². The summed E-state index contributed by atoms with van der Waals surface area (Å²) in [6, 6.07) is 1.74. The average molecular weight is 654 g/mol. The number of aliphatic carboxylic acids is 2. The Labute approximate surface area is 257 Å². The van der Waals surface area contributed by atoms with Crippen molar-refractivity contribution in [3.63, 3.8) is 0 Å². The number of pyridine rings is 1. The van der Waals surface area contributed by atoms with Crippen molar-refractivity contribution in [1.82, 2.24) is 35.3 Å². The number of aromatic nitrogens is 6. The second kappa shape index (κ2) is 13.6. The summed E-state index contributed by atoms with van der Waals surface area (Å²) in [4.78, 5) is 28.6. The Bertz CT molecular complexity index is 1540. The van der Waals surface area contributed by atoms with E-state index in [-0.39, 0.29) is 28.6 Å². The number of nitrogens with zero attached hydrogens (tertiary/aromatic N) is 7. The number of halogens is 6. The topological polar surface area (TPSA) is 179 Å². The fourth-order valence-electron chi connectivity index (χ4n) is 4.53. The van der Waals surface area contributed by atoms with Gasteiger partial charge in [0, 0.05) is 58.8 Å². The smallest absolute Gasteiger partial charge is 0.490 e. The molecule has 0 bridgehead atoms. The van der Waals surface area contributed by atoms with Gasteiger partial charge >= 0.3 is 24.3 Å². The van der Waals surface area contributed by atoms with Crippen molar-refractivity contribution in [2.24, 2.45) is 6.98 Å². The zero-order valence-corrected chi connectivity index (χ0v) is 24.4. The van der Waals surface area contributed by atoms with Crippen molar-refractivity contribution in [2.45, 2.75) is 70.0 Å². The van der Waals surface area contributed by atoms with Gasteiger partial charge in [-0.15, -0.1) is 10.2 Å². The number of aromatic hydroxyl groups is 1. The molecule has 4 rings (SSSR count). The number of alkyl halides is 6. The van der Waals surface area contributed by atoms with Crippen molar-refractivity contribution < 1.29 is 55.4 Å². The van der Waals surface area contributed by atoms with Crippen LogP contribution >= 0.6 is 0 Å². The highest BCUT2D eigenvalue weighted by atomic mass is 19.4. The molecule has 0 saturated carbocycles. The van der Waals surface area contributed by atoms with Crippen LogP contribution in [0.3, 0.4) is 0 Å². The number of rotatable bonds is 4. The van der Waals surface area contributed by atoms with E-state index in [1.165, 1.54) is 24.7 Å². The number of hydrogen-bond acceptors (Lipinski definition) is 10. The zero-order valence-electron chi connectivity index (χ0n) is 27.4. The minimum absolute atomic E-state index is 0.00844. The van der Waals surface area contributed by atoms with E-state index < -0.39 is 31.3 Å². The lowest BCUT2D eigenvalue weighted by atomic mass is 9.79. The van der Waals surface area contributed by atoms with Crippen LogP contribution in [0.2, 0.25) is 0 Å². The summed E-state index contributed by atoms with van der Waals surface area (Å²) in [5, 5.41) is 40.9. The van der Waals surface area contributed by atoms with Gasteiger partial charge in [0.15, 0.2) is 0 Å². The third-order valence-electron chi connectivity index (χ3n) is 6.09. The van der Waals surface area contributed by atoms with Crippen LogP contribution in [0, 0.1) is 0 Å². The Kier molecular flexibility index (Phi) is 9.64. The molecule has 0 unspecified atom stereocenters. The molecular formula is C26H32F6N8O5. The maximum absolute atomic E-state index is 10.6. The van der Waals surface area contributed by atoms with Gasteiger partial charge < -0.3 is 25.5 Å². The Hall–Kier alpha value is -4.55. The third-order valence-corrected chi connectivity index (χ3v) is 6.09. The first-order valence-electron chi connectivity index (χ1n) is 14.2. The second-order valence-corrected chi connectivity index (χ2v) is 11.1. The molecule has 0 aromatic carbocycles. The zero-order chi connectivity index (χ0) is 37.0. The van der Waals surface area contributed by atoms with Crippen LogP contribution in [0.25, 0.3) is 22.5 Å². The number of anilines is 1. The first-order chi connectivity index (χ1) is 21.6. The molecule has 1 aliphatic heterocycles. The maximum atomic E-state index is 10.6. The lowest BCUT2D eigenvalue weighted by Crippen LogP contribution is -2.62. The number of carbonyl (C=O) groups is 2. The molecular weight excluding hydrogens is 618 g/mol. The van der Waals surface area contributed by atoms with Crippen LogP contribution in [-0.4, -0.2) is 93.7 Å². The molecule has 0 aliphatic carbocycles. The molecule has 3 aromatic rings. The Morgan fingerprint density at radius 3 is 1.89 bits per heavy atom. The molecule has 4 N–H and O–H groups in total. The van der Waals surface area contributed by atoms with Gasteiger partial charge in [-0.3, -0.25) is 4.68 Å². The minimum Gasteiger partial charge on any atom is -0.506 e.